The summed E-state index contributed by atoms with van der Waals surface area (Å²) in [5, 5.41) is 55.7. The predicted molar refractivity (Wildman–Crippen MR) is 555 cm³/mol. The van der Waals surface area contributed by atoms with Crippen LogP contribution in [0.3, 0.4) is 0 Å². The molecule has 1 aliphatic carbocycles. The van der Waals surface area contributed by atoms with Gasteiger partial charge in [-0.3, -0.25) is 4.98 Å². The van der Waals surface area contributed by atoms with Crippen LogP contribution < -0.4 is 14.2 Å². The Morgan fingerprint density at radius 3 is 1.20 bits per heavy atom. The van der Waals surface area contributed by atoms with Crippen LogP contribution in [0.25, 0.3) is 236 Å². The van der Waals surface area contributed by atoms with Crippen LogP contribution in [0.4, 0.5) is 0 Å². The topological polar surface area (TPSA) is 112 Å². The molecule has 7 nitrogen and oxygen atoms in total. The standard InChI is InChI=1S/C45H25NO.C44H26N2O.C39H23NO/c46-26-33-18-24-40-37-21-17-32(25-42(37)47-41-8-4-7-36(33)45(40)41)27-9-11-29(12-10-27)35-20-14-31-15-22-38-34(28-5-2-1-3-6-28)19-13-30-16-23-39(35)44(31)43(30)38;45-27-33-18-25-42(38-6-2-1-5-35(33)38)47-34-19-12-29(13-20-34)28-8-10-30(11-9-28)36-21-14-31-17-24-40-37(41-7-3-4-26-46-41)22-15-32-16-23-39(36)43(31)44(32)40;40-22-29-16-20-35-39-31(29)5-2-6-33(39)32-18-15-28(21-36(32)41-35)23-7-9-24(10-8-23)30-17-13-27-12-11-25-3-1-4-26-14-19-34(30)38(27)37(25)26/h1-25H;1-26H;1-15,17-21,29H,16H2. The van der Waals surface area contributed by atoms with Crippen molar-refractivity contribution in [2.75, 3.05) is 0 Å². The van der Waals surface area contributed by atoms with E-state index in [0.29, 0.717) is 17.5 Å². The first kappa shape index (κ1) is 77.8. The maximum absolute atomic E-state index is 9.65. The molecule has 25 aromatic rings. The van der Waals surface area contributed by atoms with Crippen LogP contribution in [0.2, 0.25) is 0 Å². The van der Waals surface area contributed by atoms with Crippen LogP contribution in [-0.4, -0.2) is 4.98 Å². The van der Waals surface area contributed by atoms with Crippen molar-refractivity contribution in [3.8, 4) is 158 Å². The number of rotatable bonds is 10. The van der Waals surface area contributed by atoms with Crippen molar-refractivity contribution in [3.63, 3.8) is 0 Å². The van der Waals surface area contributed by atoms with Gasteiger partial charge in [0.2, 0.25) is 0 Å². The minimum absolute atomic E-state index is 0.120. The molecule has 1 aromatic heterocycles. The number of nitriles is 3. The third-order valence-electron chi connectivity index (χ3n) is 28.1. The molecule has 24 aromatic carbocycles. The van der Waals surface area contributed by atoms with Gasteiger partial charge in [0.05, 0.1) is 40.9 Å². The molecular formula is C128H74N4O3. The van der Waals surface area contributed by atoms with Gasteiger partial charge in [-0.2, -0.15) is 15.8 Å². The molecule has 1 atom stereocenters. The lowest BCUT2D eigenvalue weighted by molar-refractivity contribution is 0.487. The molecule has 0 saturated heterocycles. The van der Waals surface area contributed by atoms with Gasteiger partial charge in [0.25, 0.3) is 0 Å². The first-order chi connectivity index (χ1) is 66.8. The minimum Gasteiger partial charge on any atom is -0.457 e. The SMILES string of the molecule is N#CC1CC=C2Oc3cc(-c4ccc(-c5ccc6ccc7cccc8ccc5c6c78)cc4)ccc3-c3cccc1c32.N#Cc1ccc(Oc2ccc(-c3ccc(-c4ccc5ccc6c(-c7ccccn7)ccc7ccc4c5c76)cc3)cc2)c2ccccc12.N#Cc1ccc2c3c(cccc13)Oc1cc(-c3ccc(-c4ccc5ccc6c(-c7ccccc7)ccc7ccc4c5c76)cc3)ccc1-2. The van der Waals surface area contributed by atoms with Gasteiger partial charge in [-0.25, -0.2) is 0 Å². The van der Waals surface area contributed by atoms with Gasteiger partial charge >= 0.3 is 0 Å². The highest BCUT2D eigenvalue weighted by molar-refractivity contribution is 6.30. The van der Waals surface area contributed by atoms with Crippen LogP contribution in [0.1, 0.15) is 34.6 Å². The van der Waals surface area contributed by atoms with E-state index in [1.165, 1.54) is 141 Å². The van der Waals surface area contributed by atoms with Crippen molar-refractivity contribution in [2.45, 2.75) is 12.3 Å². The number of nitrogens with zero attached hydrogens (tertiary/aromatic N) is 4. The van der Waals surface area contributed by atoms with Crippen LogP contribution in [0.5, 0.6) is 28.7 Å². The molecule has 0 saturated carbocycles. The molecule has 3 heterocycles. The number of ether oxygens (including phenoxy) is 3. The lowest BCUT2D eigenvalue weighted by Gasteiger charge is -2.29. The summed E-state index contributed by atoms with van der Waals surface area (Å²) in [6.45, 7) is 0. The first-order valence-electron chi connectivity index (χ1n) is 45.7. The molecule has 2 aliphatic heterocycles. The van der Waals surface area contributed by atoms with E-state index in [0.717, 1.165) is 134 Å². The van der Waals surface area contributed by atoms with Crippen molar-refractivity contribution in [3.05, 3.63) is 453 Å². The molecule has 7 heteroatoms. The molecule has 0 spiro atoms. The fourth-order valence-electron chi connectivity index (χ4n) is 21.6. The summed E-state index contributed by atoms with van der Waals surface area (Å²) >= 11 is 0. The van der Waals surface area contributed by atoms with Crippen molar-refractivity contribution >= 4 is 124 Å². The van der Waals surface area contributed by atoms with E-state index in [-0.39, 0.29) is 5.92 Å². The highest BCUT2D eigenvalue weighted by Gasteiger charge is 2.32. The zero-order valence-corrected chi connectivity index (χ0v) is 72.8. The number of hydrogen-bond acceptors (Lipinski definition) is 7. The second-order valence-corrected chi connectivity index (χ2v) is 35.3. The third kappa shape index (κ3) is 12.9. The first-order valence-corrected chi connectivity index (χ1v) is 45.7. The summed E-state index contributed by atoms with van der Waals surface area (Å²) in [4.78, 5) is 4.65. The second kappa shape index (κ2) is 31.5. The van der Waals surface area contributed by atoms with Crippen molar-refractivity contribution in [1.82, 2.24) is 4.98 Å². The lowest BCUT2D eigenvalue weighted by atomic mass is 9.81. The highest BCUT2D eigenvalue weighted by atomic mass is 16.5. The minimum atomic E-state index is -0.120. The Bertz CT molecular complexity index is 9360. The van der Waals surface area contributed by atoms with Crippen LogP contribution in [-0.2, 0) is 0 Å². The zero-order chi connectivity index (χ0) is 89.5. The van der Waals surface area contributed by atoms with Crippen LogP contribution >= 0.6 is 0 Å². The maximum atomic E-state index is 9.65. The summed E-state index contributed by atoms with van der Waals surface area (Å²) in [5.41, 5.74) is 26.5. The lowest BCUT2D eigenvalue weighted by Crippen LogP contribution is -2.13. The van der Waals surface area contributed by atoms with E-state index >= 15 is 0 Å². The van der Waals surface area contributed by atoms with Crippen molar-refractivity contribution in [1.29, 1.82) is 15.8 Å². The van der Waals surface area contributed by atoms with Crippen LogP contribution in [0.15, 0.2) is 431 Å². The Balaban J connectivity index is 0.000000106. The van der Waals surface area contributed by atoms with E-state index in [1.807, 2.05) is 97.2 Å². The highest BCUT2D eigenvalue weighted by Crippen LogP contribution is 2.53. The Labute approximate surface area is 777 Å². The summed E-state index contributed by atoms with van der Waals surface area (Å²) < 4.78 is 19.1. The molecule has 0 N–H and O–H groups in total. The average molecular weight is 1720 g/mol. The fraction of sp³-hybridized carbons (Fsp3) is 0.0156. The molecule has 0 amide bonds. The fourth-order valence-corrected chi connectivity index (χ4v) is 21.6. The van der Waals surface area contributed by atoms with Gasteiger partial charge < -0.3 is 14.2 Å². The maximum Gasteiger partial charge on any atom is 0.135 e. The molecule has 624 valence electrons. The van der Waals surface area contributed by atoms with Gasteiger partial charge in [-0.15, -0.1) is 0 Å². The summed E-state index contributed by atoms with van der Waals surface area (Å²) in [7, 11) is 0. The monoisotopic (exact) mass is 1710 g/mol. The number of pyridine rings is 1. The smallest absolute Gasteiger partial charge is 0.135 e. The van der Waals surface area contributed by atoms with Gasteiger partial charge in [0.15, 0.2) is 0 Å². The molecule has 135 heavy (non-hydrogen) atoms. The molecule has 1 unspecified atom stereocenters. The number of benzene rings is 24. The quantitative estimate of drug-likeness (QED) is 0.125. The van der Waals surface area contributed by atoms with Gasteiger partial charge in [0.1, 0.15) is 34.5 Å². The molecule has 0 fully saturated rings. The summed E-state index contributed by atoms with van der Waals surface area (Å²) in [5.74, 6) is 4.72. The largest absolute Gasteiger partial charge is 0.457 e. The summed E-state index contributed by atoms with van der Waals surface area (Å²) in [6.07, 6.45) is 4.61. The van der Waals surface area contributed by atoms with E-state index in [4.69, 9.17) is 14.2 Å². The van der Waals surface area contributed by atoms with E-state index in [9.17, 15) is 15.8 Å². The van der Waals surface area contributed by atoms with Gasteiger partial charge in [-0.1, -0.05) is 346 Å². The van der Waals surface area contributed by atoms with Gasteiger partial charge in [-0.05, 0) is 277 Å². The second-order valence-electron chi connectivity index (χ2n) is 35.3. The Hall–Kier alpha value is -18.3. The number of hydrogen-bond donors (Lipinski definition) is 0. The Morgan fingerprint density at radius 2 is 0.659 bits per heavy atom. The normalized spacial score (nSPS) is 12.8. The molecule has 3 aliphatic rings. The Morgan fingerprint density at radius 1 is 0.259 bits per heavy atom. The predicted octanol–water partition coefficient (Wildman–Crippen LogP) is 34.5. The van der Waals surface area contributed by atoms with E-state index in [2.05, 4.69) is 357 Å². The molecule has 28 rings (SSSR count). The number of aromatic nitrogens is 1. The van der Waals surface area contributed by atoms with Crippen molar-refractivity contribution < 1.29 is 14.2 Å². The molecule has 0 bridgehead atoms. The Kier molecular flexibility index (Phi) is 18.2. The molecular weight excluding hydrogens is 1640 g/mol. The summed E-state index contributed by atoms with van der Waals surface area (Å²) in [6, 6.07) is 155. The molecule has 0 radical (unpaired) electrons. The van der Waals surface area contributed by atoms with Gasteiger partial charge in [0, 0.05) is 50.0 Å². The third-order valence-corrected chi connectivity index (χ3v) is 28.1. The van der Waals surface area contributed by atoms with E-state index in [1.54, 1.807) is 0 Å². The van der Waals surface area contributed by atoms with Crippen LogP contribution in [0, 0.1) is 34.0 Å². The number of fused-ring (bicyclic) bond motifs is 5. The van der Waals surface area contributed by atoms with E-state index < -0.39 is 0 Å². The number of allylic oxidation sites excluding steroid dienone is 1. The zero-order valence-electron chi connectivity index (χ0n) is 72.8. The average Bonchev–Trinajstić information content (AvgIpc) is 0.745. The van der Waals surface area contributed by atoms with Crippen molar-refractivity contribution in [2.24, 2.45) is 0 Å².